The maximum absolute atomic E-state index is 11.9. The highest BCUT2D eigenvalue weighted by atomic mass is 16.6. The van der Waals surface area contributed by atoms with E-state index in [9.17, 15) is 20.0 Å². The molecule has 1 heterocycles. The molecule has 102 valence electrons. The van der Waals surface area contributed by atoms with Crippen molar-refractivity contribution in [3.05, 3.63) is 57.9 Å². The molecule has 1 aromatic carbocycles. The van der Waals surface area contributed by atoms with E-state index in [0.717, 1.165) is 23.9 Å². The van der Waals surface area contributed by atoms with E-state index in [-0.39, 0.29) is 17.1 Å². The number of nitrogens with one attached hydrogen (secondary N) is 1. The highest BCUT2D eigenvalue weighted by molar-refractivity contribution is 6.04. The van der Waals surface area contributed by atoms with E-state index in [4.69, 9.17) is 0 Å². The van der Waals surface area contributed by atoms with Gasteiger partial charge in [0.1, 0.15) is 5.75 Å². The zero-order valence-corrected chi connectivity index (χ0v) is 10.5. The number of rotatable bonds is 3. The highest BCUT2D eigenvalue weighted by Crippen LogP contribution is 2.28. The average molecular weight is 273 g/mol. The Hall–Kier alpha value is -2.96. The van der Waals surface area contributed by atoms with E-state index in [1.54, 1.807) is 19.1 Å². The Bertz CT molecular complexity index is 668. The Morgan fingerprint density at radius 1 is 1.35 bits per heavy atom. The van der Waals surface area contributed by atoms with Crippen LogP contribution < -0.4 is 5.32 Å². The second-order valence-electron chi connectivity index (χ2n) is 4.10. The number of hydrogen-bond acceptors (Lipinski definition) is 5. The number of anilines is 1. The maximum atomic E-state index is 11.9. The minimum absolute atomic E-state index is 0.0234. The normalized spacial score (nSPS) is 10.1. The van der Waals surface area contributed by atoms with Crippen LogP contribution in [0.3, 0.4) is 0 Å². The molecule has 0 bridgehead atoms. The topological polar surface area (TPSA) is 105 Å². The molecular formula is C13H11N3O4. The van der Waals surface area contributed by atoms with Gasteiger partial charge in [0.25, 0.3) is 11.6 Å². The van der Waals surface area contributed by atoms with Crippen molar-refractivity contribution >= 4 is 17.3 Å². The summed E-state index contributed by atoms with van der Waals surface area (Å²) >= 11 is 0. The molecule has 1 amide bonds. The average Bonchev–Trinajstić information content (AvgIpc) is 2.41. The number of aryl methyl sites for hydroxylation is 1. The number of hydrogen-bond donors (Lipinski definition) is 2. The summed E-state index contributed by atoms with van der Waals surface area (Å²) in [6, 6.07) is 6.64. The first-order valence-corrected chi connectivity index (χ1v) is 5.69. The first-order valence-electron chi connectivity index (χ1n) is 5.69. The number of nitro benzene ring substituents is 1. The van der Waals surface area contributed by atoms with Crippen LogP contribution in [-0.4, -0.2) is 20.9 Å². The summed E-state index contributed by atoms with van der Waals surface area (Å²) in [6.45, 7) is 1.79. The zero-order chi connectivity index (χ0) is 14.7. The molecule has 0 atom stereocenters. The fourth-order valence-electron chi connectivity index (χ4n) is 1.53. The predicted octanol–water partition coefficient (Wildman–Crippen LogP) is 2.26. The van der Waals surface area contributed by atoms with Crippen LogP contribution in [-0.2, 0) is 0 Å². The van der Waals surface area contributed by atoms with E-state index in [1.807, 2.05) is 0 Å². The van der Waals surface area contributed by atoms with Crippen LogP contribution in [0.4, 0.5) is 11.4 Å². The molecule has 7 heteroatoms. The Morgan fingerprint density at radius 2 is 2.10 bits per heavy atom. The Morgan fingerprint density at radius 3 is 2.70 bits per heavy atom. The number of carbonyl (C=O) groups excluding carboxylic acids is 1. The van der Waals surface area contributed by atoms with E-state index in [1.165, 1.54) is 6.20 Å². The van der Waals surface area contributed by atoms with Crippen LogP contribution in [0.2, 0.25) is 0 Å². The molecule has 2 N–H and O–H groups in total. The van der Waals surface area contributed by atoms with Gasteiger partial charge in [-0.1, -0.05) is 0 Å². The van der Waals surface area contributed by atoms with Gasteiger partial charge in [0.05, 0.1) is 16.2 Å². The van der Waals surface area contributed by atoms with Crippen LogP contribution >= 0.6 is 0 Å². The monoisotopic (exact) mass is 273 g/mol. The Labute approximate surface area is 114 Å². The van der Waals surface area contributed by atoms with Crippen LogP contribution in [0.1, 0.15) is 16.1 Å². The first-order chi connectivity index (χ1) is 9.47. The van der Waals surface area contributed by atoms with E-state index >= 15 is 0 Å². The second-order valence-corrected chi connectivity index (χ2v) is 4.10. The number of non-ortho nitro benzene ring substituents is 1. The standard InChI is InChI=1S/C13H11N3O4/c1-8-2-3-9(7-14-8)13(18)15-11-6-10(16(19)20)4-5-12(11)17/h2-7,17H,1H3,(H,15,18). The van der Waals surface area contributed by atoms with Gasteiger partial charge in [-0.25, -0.2) is 0 Å². The molecule has 20 heavy (non-hydrogen) atoms. The third-order valence-electron chi connectivity index (χ3n) is 2.61. The van der Waals surface area contributed by atoms with Gasteiger partial charge in [-0.2, -0.15) is 0 Å². The van der Waals surface area contributed by atoms with Gasteiger partial charge >= 0.3 is 0 Å². The van der Waals surface area contributed by atoms with Gasteiger partial charge in [0.2, 0.25) is 0 Å². The maximum Gasteiger partial charge on any atom is 0.271 e. The van der Waals surface area contributed by atoms with Gasteiger partial charge in [-0.05, 0) is 25.1 Å². The molecule has 0 saturated heterocycles. The summed E-state index contributed by atoms with van der Waals surface area (Å²) in [5.41, 5.74) is 0.811. The largest absolute Gasteiger partial charge is 0.506 e. The minimum atomic E-state index is -0.609. The van der Waals surface area contributed by atoms with Crippen molar-refractivity contribution in [1.29, 1.82) is 0 Å². The number of aromatic hydroxyl groups is 1. The van der Waals surface area contributed by atoms with Gasteiger partial charge in [-0.3, -0.25) is 19.9 Å². The molecule has 0 radical (unpaired) electrons. The lowest BCUT2D eigenvalue weighted by Crippen LogP contribution is -2.12. The summed E-state index contributed by atoms with van der Waals surface area (Å²) in [4.78, 5) is 26.0. The number of phenols is 1. The van der Waals surface area contributed by atoms with Crippen molar-refractivity contribution in [2.45, 2.75) is 6.92 Å². The van der Waals surface area contributed by atoms with Crippen molar-refractivity contribution in [2.75, 3.05) is 5.32 Å². The van der Waals surface area contributed by atoms with Crippen LogP contribution in [0, 0.1) is 17.0 Å². The zero-order valence-electron chi connectivity index (χ0n) is 10.5. The molecule has 1 aromatic heterocycles. The minimum Gasteiger partial charge on any atom is -0.506 e. The van der Waals surface area contributed by atoms with Gasteiger partial charge in [-0.15, -0.1) is 0 Å². The number of benzene rings is 1. The first kappa shape index (κ1) is 13.5. The number of aromatic nitrogens is 1. The third kappa shape index (κ3) is 2.89. The summed E-state index contributed by atoms with van der Waals surface area (Å²) in [5.74, 6) is -0.752. The van der Waals surface area contributed by atoms with Crippen molar-refractivity contribution in [3.8, 4) is 5.75 Å². The van der Waals surface area contributed by atoms with Gasteiger partial charge in [0.15, 0.2) is 0 Å². The summed E-state index contributed by atoms with van der Waals surface area (Å²) in [7, 11) is 0. The molecule has 0 saturated carbocycles. The molecule has 0 aliphatic carbocycles. The van der Waals surface area contributed by atoms with Crippen LogP contribution in [0.25, 0.3) is 0 Å². The SMILES string of the molecule is Cc1ccc(C(=O)Nc2cc([N+](=O)[O-])ccc2O)cn1. The lowest BCUT2D eigenvalue weighted by molar-refractivity contribution is -0.384. The quantitative estimate of drug-likeness (QED) is 0.507. The molecule has 0 aliphatic heterocycles. The molecule has 0 unspecified atom stereocenters. The molecule has 7 nitrogen and oxygen atoms in total. The van der Waals surface area contributed by atoms with Gasteiger partial charge < -0.3 is 10.4 Å². The van der Waals surface area contributed by atoms with Gasteiger partial charge in [0, 0.05) is 24.0 Å². The van der Waals surface area contributed by atoms with Crippen LogP contribution in [0.15, 0.2) is 36.5 Å². The number of amides is 1. The lowest BCUT2D eigenvalue weighted by Gasteiger charge is -2.07. The number of nitrogens with zero attached hydrogens (tertiary/aromatic N) is 2. The lowest BCUT2D eigenvalue weighted by atomic mass is 10.2. The third-order valence-corrected chi connectivity index (χ3v) is 2.61. The molecular weight excluding hydrogens is 262 g/mol. The van der Waals surface area contributed by atoms with E-state index in [2.05, 4.69) is 10.3 Å². The number of phenolic OH excluding ortho intramolecular Hbond substituents is 1. The Kier molecular flexibility index (Phi) is 3.60. The number of pyridine rings is 1. The van der Waals surface area contributed by atoms with Crippen molar-refractivity contribution in [3.63, 3.8) is 0 Å². The van der Waals surface area contributed by atoms with E-state index < -0.39 is 10.8 Å². The van der Waals surface area contributed by atoms with Crippen molar-refractivity contribution in [2.24, 2.45) is 0 Å². The molecule has 2 rings (SSSR count). The molecule has 0 fully saturated rings. The smallest absolute Gasteiger partial charge is 0.271 e. The fraction of sp³-hybridized carbons (Fsp3) is 0.0769. The summed E-state index contributed by atoms with van der Waals surface area (Å²) in [6.07, 6.45) is 1.39. The molecule has 2 aromatic rings. The molecule has 0 aliphatic rings. The number of carbonyl (C=O) groups is 1. The van der Waals surface area contributed by atoms with Crippen molar-refractivity contribution in [1.82, 2.24) is 4.98 Å². The summed E-state index contributed by atoms with van der Waals surface area (Å²) in [5, 5.41) is 22.7. The Balaban J connectivity index is 2.25. The number of nitro groups is 1. The molecule has 0 spiro atoms. The second kappa shape index (κ2) is 5.35. The predicted molar refractivity (Wildman–Crippen MR) is 71.7 cm³/mol. The highest BCUT2D eigenvalue weighted by Gasteiger charge is 2.13. The fourth-order valence-corrected chi connectivity index (χ4v) is 1.53. The van der Waals surface area contributed by atoms with E-state index in [0.29, 0.717) is 5.56 Å². The van der Waals surface area contributed by atoms with Crippen LogP contribution in [0.5, 0.6) is 5.75 Å². The summed E-state index contributed by atoms with van der Waals surface area (Å²) < 4.78 is 0. The van der Waals surface area contributed by atoms with Crippen molar-refractivity contribution < 1.29 is 14.8 Å².